The summed E-state index contributed by atoms with van der Waals surface area (Å²) in [6.07, 6.45) is 1.77. The minimum absolute atomic E-state index is 0.00463. The van der Waals surface area contributed by atoms with E-state index in [1.54, 1.807) is 6.08 Å². The van der Waals surface area contributed by atoms with Crippen LogP contribution >= 0.6 is 23.2 Å². The Hall–Kier alpha value is -0.0500. The van der Waals surface area contributed by atoms with Crippen molar-refractivity contribution in [2.45, 2.75) is 13.0 Å². The Morgan fingerprint density at radius 1 is 1.73 bits per heavy atom. The van der Waals surface area contributed by atoms with Gasteiger partial charge in [-0.15, -0.1) is 0 Å². The Balaban J connectivity index is 2.54. The number of hydrogen-bond donors (Lipinski definition) is 0. The van der Waals surface area contributed by atoms with Crippen LogP contribution in [0.3, 0.4) is 0 Å². The molecule has 1 aliphatic heterocycles. The Kier molecular flexibility index (Phi) is 3.37. The summed E-state index contributed by atoms with van der Waals surface area (Å²) in [4.78, 5) is 3.97. The van der Waals surface area contributed by atoms with E-state index in [4.69, 9.17) is 27.9 Å². The number of hydrogen-bond acceptors (Lipinski definition) is 2. The van der Waals surface area contributed by atoms with Gasteiger partial charge in [-0.2, -0.15) is 0 Å². The summed E-state index contributed by atoms with van der Waals surface area (Å²) >= 11 is 11.3. The first-order chi connectivity index (χ1) is 5.24. The first kappa shape index (κ1) is 9.04. The quantitative estimate of drug-likeness (QED) is 0.660. The standard InChI is InChI=1S/C7H9Cl2NO/c1-2-11-5-3-6(8)7(9)10-4-5/h3,5H,2,4H2,1H3. The first-order valence-electron chi connectivity index (χ1n) is 3.43. The van der Waals surface area contributed by atoms with Crippen LogP contribution in [-0.2, 0) is 4.74 Å². The van der Waals surface area contributed by atoms with Crippen LogP contribution in [0.25, 0.3) is 0 Å². The lowest BCUT2D eigenvalue weighted by Crippen LogP contribution is -2.18. The van der Waals surface area contributed by atoms with Crippen molar-refractivity contribution < 1.29 is 4.74 Å². The highest BCUT2D eigenvalue weighted by atomic mass is 35.5. The molecule has 4 heteroatoms. The van der Waals surface area contributed by atoms with Crippen LogP contribution in [0, 0.1) is 0 Å². The van der Waals surface area contributed by atoms with Gasteiger partial charge in [-0.05, 0) is 13.0 Å². The van der Waals surface area contributed by atoms with Crippen molar-refractivity contribution in [3.05, 3.63) is 11.1 Å². The number of halogens is 2. The molecule has 1 rings (SSSR count). The van der Waals surface area contributed by atoms with E-state index in [-0.39, 0.29) is 6.10 Å². The molecule has 1 heterocycles. The van der Waals surface area contributed by atoms with Crippen LogP contribution < -0.4 is 0 Å². The highest BCUT2D eigenvalue weighted by Gasteiger charge is 2.13. The molecule has 0 aliphatic carbocycles. The third-order valence-corrected chi connectivity index (χ3v) is 2.04. The third-order valence-electron chi connectivity index (χ3n) is 1.32. The molecule has 0 spiro atoms. The maximum absolute atomic E-state index is 5.72. The molecule has 11 heavy (non-hydrogen) atoms. The van der Waals surface area contributed by atoms with Crippen molar-refractivity contribution in [1.82, 2.24) is 0 Å². The molecule has 0 bridgehead atoms. The molecular formula is C7H9Cl2NO. The van der Waals surface area contributed by atoms with Crippen molar-refractivity contribution in [2.24, 2.45) is 4.99 Å². The lowest BCUT2D eigenvalue weighted by Gasteiger charge is -2.14. The summed E-state index contributed by atoms with van der Waals surface area (Å²) in [6, 6.07) is 0. The molecule has 0 saturated carbocycles. The fraction of sp³-hybridized carbons (Fsp3) is 0.571. The lowest BCUT2D eigenvalue weighted by atomic mass is 10.3. The minimum Gasteiger partial charge on any atom is -0.372 e. The molecule has 2 nitrogen and oxygen atoms in total. The van der Waals surface area contributed by atoms with Gasteiger partial charge < -0.3 is 4.74 Å². The zero-order chi connectivity index (χ0) is 8.27. The number of nitrogens with zero attached hydrogens (tertiary/aromatic N) is 1. The summed E-state index contributed by atoms with van der Waals surface area (Å²) in [6.45, 7) is 3.17. The molecule has 1 unspecified atom stereocenters. The van der Waals surface area contributed by atoms with Crippen LogP contribution in [-0.4, -0.2) is 24.4 Å². The molecule has 0 amide bonds. The number of aliphatic imine (C=N–C) groups is 1. The molecule has 1 aliphatic rings. The van der Waals surface area contributed by atoms with E-state index < -0.39 is 0 Å². The Labute approximate surface area is 75.8 Å². The van der Waals surface area contributed by atoms with Gasteiger partial charge in [0.2, 0.25) is 0 Å². The zero-order valence-electron chi connectivity index (χ0n) is 6.18. The van der Waals surface area contributed by atoms with Gasteiger partial charge in [-0.1, -0.05) is 23.2 Å². The molecule has 0 fully saturated rings. The number of ether oxygens (including phenoxy) is 1. The van der Waals surface area contributed by atoms with Crippen molar-refractivity contribution in [2.75, 3.05) is 13.2 Å². The fourth-order valence-electron chi connectivity index (χ4n) is 0.845. The van der Waals surface area contributed by atoms with Crippen molar-refractivity contribution in [3.8, 4) is 0 Å². The Bertz CT molecular complexity index is 201. The van der Waals surface area contributed by atoms with E-state index >= 15 is 0 Å². The van der Waals surface area contributed by atoms with E-state index in [1.807, 2.05) is 6.92 Å². The molecule has 0 radical (unpaired) electrons. The monoisotopic (exact) mass is 193 g/mol. The van der Waals surface area contributed by atoms with Crippen LogP contribution in [0.1, 0.15) is 6.92 Å². The van der Waals surface area contributed by atoms with E-state index in [1.165, 1.54) is 0 Å². The van der Waals surface area contributed by atoms with Crippen molar-refractivity contribution in [1.29, 1.82) is 0 Å². The average molecular weight is 194 g/mol. The second-order valence-electron chi connectivity index (χ2n) is 2.14. The average Bonchev–Trinajstić information content (AvgIpc) is 1.98. The summed E-state index contributed by atoms with van der Waals surface area (Å²) in [5.74, 6) is 0. The molecular weight excluding hydrogens is 185 g/mol. The van der Waals surface area contributed by atoms with E-state index in [0.29, 0.717) is 23.4 Å². The minimum atomic E-state index is -0.00463. The van der Waals surface area contributed by atoms with Gasteiger partial charge in [-0.3, -0.25) is 4.99 Å². The molecule has 1 atom stereocenters. The van der Waals surface area contributed by atoms with E-state index in [2.05, 4.69) is 4.99 Å². The van der Waals surface area contributed by atoms with E-state index in [0.717, 1.165) is 0 Å². The topological polar surface area (TPSA) is 21.6 Å². The normalized spacial score (nSPS) is 24.5. The summed E-state index contributed by atoms with van der Waals surface area (Å²) < 4.78 is 5.27. The molecule has 0 aromatic heterocycles. The fourth-order valence-corrected chi connectivity index (χ4v) is 1.18. The largest absolute Gasteiger partial charge is 0.372 e. The molecule has 0 aromatic rings. The van der Waals surface area contributed by atoms with Gasteiger partial charge >= 0.3 is 0 Å². The van der Waals surface area contributed by atoms with Gasteiger partial charge in [0.1, 0.15) is 5.17 Å². The zero-order valence-corrected chi connectivity index (χ0v) is 7.69. The van der Waals surface area contributed by atoms with Crippen LogP contribution in [0.2, 0.25) is 0 Å². The van der Waals surface area contributed by atoms with Gasteiger partial charge in [0.05, 0.1) is 17.7 Å². The van der Waals surface area contributed by atoms with Crippen molar-refractivity contribution in [3.63, 3.8) is 0 Å². The smallest absolute Gasteiger partial charge is 0.142 e. The Morgan fingerprint density at radius 2 is 2.45 bits per heavy atom. The van der Waals surface area contributed by atoms with Crippen molar-refractivity contribution >= 4 is 28.4 Å². The highest BCUT2D eigenvalue weighted by molar-refractivity contribution is 6.76. The SMILES string of the molecule is CCOC1C=C(Cl)C(Cl)=NC1. The highest BCUT2D eigenvalue weighted by Crippen LogP contribution is 2.16. The van der Waals surface area contributed by atoms with Crippen LogP contribution in [0.4, 0.5) is 0 Å². The maximum atomic E-state index is 5.72. The summed E-state index contributed by atoms with van der Waals surface area (Å²) in [7, 11) is 0. The van der Waals surface area contributed by atoms with Gasteiger partial charge in [0.25, 0.3) is 0 Å². The molecule has 62 valence electrons. The number of rotatable bonds is 2. The predicted molar refractivity (Wildman–Crippen MR) is 47.5 cm³/mol. The number of dihydropyridines is 1. The maximum Gasteiger partial charge on any atom is 0.142 e. The summed E-state index contributed by atoms with van der Waals surface area (Å²) in [5.41, 5.74) is 0. The van der Waals surface area contributed by atoms with Crippen LogP contribution in [0.5, 0.6) is 0 Å². The third kappa shape index (κ3) is 2.47. The predicted octanol–water partition coefficient (Wildman–Crippen LogP) is 2.17. The van der Waals surface area contributed by atoms with E-state index in [9.17, 15) is 0 Å². The lowest BCUT2D eigenvalue weighted by molar-refractivity contribution is 0.102. The second-order valence-corrected chi connectivity index (χ2v) is 2.91. The summed E-state index contributed by atoms with van der Waals surface area (Å²) in [5, 5.41) is 0.860. The van der Waals surface area contributed by atoms with Crippen LogP contribution in [0.15, 0.2) is 16.1 Å². The van der Waals surface area contributed by atoms with Gasteiger partial charge in [-0.25, -0.2) is 0 Å². The first-order valence-corrected chi connectivity index (χ1v) is 4.19. The molecule has 0 N–H and O–H groups in total. The van der Waals surface area contributed by atoms with Gasteiger partial charge in [0, 0.05) is 6.61 Å². The molecule has 0 aromatic carbocycles. The van der Waals surface area contributed by atoms with Gasteiger partial charge in [0.15, 0.2) is 0 Å². The second kappa shape index (κ2) is 4.10. The molecule has 0 saturated heterocycles. The Morgan fingerprint density at radius 3 is 3.00 bits per heavy atom. The number of allylic oxidation sites excluding steroid dienone is 1.